The van der Waals surface area contributed by atoms with Gasteiger partial charge in [0.25, 0.3) is 5.56 Å². The number of aromatic nitrogens is 2. The maximum atomic E-state index is 14.2. The van der Waals surface area contributed by atoms with Crippen LogP contribution in [0.2, 0.25) is 0 Å². The van der Waals surface area contributed by atoms with Crippen LogP contribution in [0.15, 0.2) is 64.6 Å². The average Bonchev–Trinajstić information content (AvgIpc) is 3.13. The van der Waals surface area contributed by atoms with Crippen LogP contribution in [0.25, 0.3) is 0 Å². The highest BCUT2D eigenvalue weighted by Crippen LogP contribution is 2.41. The van der Waals surface area contributed by atoms with Gasteiger partial charge in [0, 0.05) is 30.1 Å². The molecule has 0 unspecified atom stereocenters. The number of aryl methyl sites for hydroxylation is 1. The van der Waals surface area contributed by atoms with Crippen molar-refractivity contribution in [3.63, 3.8) is 0 Å². The highest BCUT2D eigenvalue weighted by Gasteiger charge is 2.46. The molecule has 0 amide bonds. The van der Waals surface area contributed by atoms with Gasteiger partial charge in [-0.3, -0.25) is 9.78 Å². The molecule has 0 fully saturated rings. The highest BCUT2D eigenvalue weighted by molar-refractivity contribution is 6.01. The first kappa shape index (κ1) is 22.6. The van der Waals surface area contributed by atoms with Gasteiger partial charge in [0.15, 0.2) is 5.82 Å². The van der Waals surface area contributed by atoms with Gasteiger partial charge in [0.1, 0.15) is 22.9 Å². The van der Waals surface area contributed by atoms with Gasteiger partial charge in [-0.25, -0.2) is 13.8 Å². The molecular formula is C23H19F5N4O. The molecule has 2 aromatic heterocycles. The molecular weight excluding hydrogens is 443 g/mol. The lowest BCUT2D eigenvalue weighted by molar-refractivity contribution is -0.141. The molecule has 1 aromatic carbocycles. The normalized spacial score (nSPS) is 20.5. The largest absolute Gasteiger partial charge is 0.433 e. The highest BCUT2D eigenvalue weighted by atomic mass is 19.4. The zero-order valence-corrected chi connectivity index (χ0v) is 17.6. The third kappa shape index (κ3) is 3.90. The van der Waals surface area contributed by atoms with Crippen molar-refractivity contribution in [1.82, 2.24) is 14.9 Å². The molecule has 1 aliphatic heterocycles. The van der Waals surface area contributed by atoms with Gasteiger partial charge in [0.05, 0.1) is 6.04 Å². The number of aliphatic imine (C=N–C) groups is 1. The zero-order chi connectivity index (χ0) is 24.0. The number of amidine groups is 1. The van der Waals surface area contributed by atoms with E-state index < -0.39 is 40.6 Å². The van der Waals surface area contributed by atoms with Crippen LogP contribution in [0.1, 0.15) is 36.2 Å². The molecule has 5 nitrogen and oxygen atoms in total. The van der Waals surface area contributed by atoms with Gasteiger partial charge < -0.3 is 9.88 Å². The maximum Gasteiger partial charge on any atom is 0.433 e. The molecule has 1 N–H and O–H groups in total. The van der Waals surface area contributed by atoms with E-state index in [2.05, 4.69) is 10.3 Å². The van der Waals surface area contributed by atoms with Crippen LogP contribution in [0, 0.1) is 11.6 Å². The smallest absolute Gasteiger partial charge is 0.364 e. The molecule has 4 rings (SSSR count). The predicted molar refractivity (Wildman–Crippen MR) is 112 cm³/mol. The number of hydrogen-bond acceptors (Lipinski definition) is 4. The van der Waals surface area contributed by atoms with Crippen LogP contribution in [0.4, 0.5) is 22.0 Å². The topological polar surface area (TPSA) is 59.3 Å². The Morgan fingerprint density at radius 2 is 1.76 bits per heavy atom. The van der Waals surface area contributed by atoms with Gasteiger partial charge in [-0.2, -0.15) is 13.2 Å². The number of halogens is 5. The molecule has 0 bridgehead atoms. The molecule has 0 spiro atoms. The van der Waals surface area contributed by atoms with E-state index >= 15 is 0 Å². The Hall–Kier alpha value is -3.56. The molecule has 2 atom stereocenters. The number of nitrogens with zero attached hydrogens (tertiary/aromatic N) is 3. The Morgan fingerprint density at radius 1 is 1.09 bits per heavy atom. The zero-order valence-electron chi connectivity index (χ0n) is 17.6. The van der Waals surface area contributed by atoms with E-state index in [-0.39, 0.29) is 12.4 Å². The minimum atomic E-state index is -4.61. The Balaban J connectivity index is 1.92. The van der Waals surface area contributed by atoms with E-state index in [4.69, 9.17) is 4.99 Å². The van der Waals surface area contributed by atoms with Crippen molar-refractivity contribution in [2.45, 2.75) is 38.1 Å². The van der Waals surface area contributed by atoms with Crippen molar-refractivity contribution in [2.75, 3.05) is 0 Å². The van der Waals surface area contributed by atoms with Gasteiger partial charge in [-0.05, 0) is 43.7 Å². The van der Waals surface area contributed by atoms with Crippen molar-refractivity contribution in [3.05, 3.63) is 99.2 Å². The summed E-state index contributed by atoms with van der Waals surface area (Å²) >= 11 is 0. The lowest BCUT2D eigenvalue weighted by Crippen LogP contribution is -2.41. The summed E-state index contributed by atoms with van der Waals surface area (Å²) in [5, 5.41) is 3.14. The van der Waals surface area contributed by atoms with Crippen LogP contribution in [0.3, 0.4) is 0 Å². The Morgan fingerprint density at radius 3 is 2.33 bits per heavy atom. The number of hydrogen-bond donors (Lipinski definition) is 1. The fourth-order valence-corrected chi connectivity index (χ4v) is 4.01. The third-order valence-corrected chi connectivity index (χ3v) is 5.70. The summed E-state index contributed by atoms with van der Waals surface area (Å²) in [6.07, 6.45) is -2.07. The summed E-state index contributed by atoms with van der Waals surface area (Å²) < 4.78 is 68.2. The number of pyridine rings is 2. The lowest BCUT2D eigenvalue weighted by atomic mass is 9.79. The summed E-state index contributed by atoms with van der Waals surface area (Å²) in [6.45, 7) is 3.68. The summed E-state index contributed by atoms with van der Waals surface area (Å²) in [6, 6.07) is 8.10. The van der Waals surface area contributed by atoms with Crippen molar-refractivity contribution >= 4 is 5.84 Å². The average molecular weight is 462 g/mol. The van der Waals surface area contributed by atoms with Crippen LogP contribution in [0.5, 0.6) is 0 Å². The molecule has 0 radical (unpaired) electrons. The standard InChI is InChI=1S/C23H19F5N4O/c1-3-32-12-14(10-18(25)21(32)33)20-30-13(2)22(31-20,15-4-7-17(24)8-5-15)16-6-9-19(29-11-16)23(26,27)28/h4-13H,3H2,1-2H3,(H,30,31)/t13-,22-/m0/s1. The van der Waals surface area contributed by atoms with Gasteiger partial charge >= 0.3 is 6.18 Å². The molecule has 0 aliphatic carbocycles. The van der Waals surface area contributed by atoms with Gasteiger partial charge in [-0.1, -0.05) is 18.2 Å². The Labute approximate surface area is 185 Å². The van der Waals surface area contributed by atoms with Crippen LogP contribution in [-0.4, -0.2) is 21.4 Å². The Kier molecular flexibility index (Phi) is 5.55. The fraction of sp³-hybridized carbons (Fsp3) is 0.261. The van der Waals surface area contributed by atoms with Crippen molar-refractivity contribution in [2.24, 2.45) is 4.99 Å². The van der Waals surface area contributed by atoms with Gasteiger partial charge in [-0.15, -0.1) is 0 Å². The molecule has 1 aliphatic rings. The molecule has 0 saturated heterocycles. The van der Waals surface area contributed by atoms with Crippen molar-refractivity contribution < 1.29 is 22.0 Å². The van der Waals surface area contributed by atoms with E-state index in [1.165, 1.54) is 41.1 Å². The first-order valence-electron chi connectivity index (χ1n) is 10.1. The maximum absolute atomic E-state index is 14.2. The summed E-state index contributed by atoms with van der Waals surface area (Å²) in [4.78, 5) is 20.3. The number of benzene rings is 1. The molecule has 3 heterocycles. The number of nitrogens with one attached hydrogen (secondary N) is 1. The molecule has 172 valence electrons. The molecule has 3 aromatic rings. The second kappa shape index (κ2) is 8.09. The van der Waals surface area contributed by atoms with Crippen molar-refractivity contribution in [1.29, 1.82) is 0 Å². The van der Waals surface area contributed by atoms with E-state index in [0.717, 1.165) is 18.3 Å². The molecule has 10 heteroatoms. The third-order valence-electron chi connectivity index (χ3n) is 5.70. The van der Waals surface area contributed by atoms with Crippen LogP contribution < -0.4 is 10.9 Å². The minimum absolute atomic E-state index is 0.234. The number of rotatable bonds is 4. The lowest BCUT2D eigenvalue weighted by Gasteiger charge is -2.31. The molecule has 33 heavy (non-hydrogen) atoms. The monoisotopic (exact) mass is 462 g/mol. The van der Waals surface area contributed by atoms with E-state index in [1.807, 2.05) is 0 Å². The van der Waals surface area contributed by atoms with Crippen LogP contribution >= 0.6 is 0 Å². The SMILES string of the molecule is CCn1cc(C2=N[C@@](c3ccc(F)cc3)(c3ccc(C(F)(F)F)nc3)[C@H](C)N2)cc(F)c1=O. The summed E-state index contributed by atoms with van der Waals surface area (Å²) in [7, 11) is 0. The summed E-state index contributed by atoms with van der Waals surface area (Å²) in [5.74, 6) is -1.20. The summed E-state index contributed by atoms with van der Waals surface area (Å²) in [5.41, 5.74) is -1.97. The van der Waals surface area contributed by atoms with E-state index in [9.17, 15) is 26.7 Å². The van der Waals surface area contributed by atoms with Crippen molar-refractivity contribution in [3.8, 4) is 0 Å². The van der Waals surface area contributed by atoms with Crippen LogP contribution in [-0.2, 0) is 18.3 Å². The van der Waals surface area contributed by atoms with E-state index in [0.29, 0.717) is 16.7 Å². The first-order chi connectivity index (χ1) is 15.6. The second-order valence-corrected chi connectivity index (χ2v) is 7.70. The van der Waals surface area contributed by atoms with Gasteiger partial charge in [0.2, 0.25) is 0 Å². The predicted octanol–water partition coefficient (Wildman–Crippen LogP) is 4.24. The second-order valence-electron chi connectivity index (χ2n) is 7.70. The van der Waals surface area contributed by atoms with E-state index in [1.54, 1.807) is 13.8 Å². The Bertz CT molecular complexity index is 1270. The minimum Gasteiger partial charge on any atom is -0.364 e. The first-order valence-corrected chi connectivity index (χ1v) is 10.1. The number of alkyl halides is 3. The fourth-order valence-electron chi connectivity index (χ4n) is 4.01. The molecule has 0 saturated carbocycles. The quantitative estimate of drug-likeness (QED) is 0.590.